The highest BCUT2D eigenvalue weighted by atomic mass is 19.1. The number of urea groups is 1. The maximum absolute atomic E-state index is 13.9. The Labute approximate surface area is 266 Å². The minimum atomic E-state index is -0.644. The highest BCUT2D eigenvalue weighted by Gasteiger charge is 2.39. The van der Waals surface area contributed by atoms with E-state index in [1.165, 1.54) is 18.2 Å². The number of hydrogen-bond donors (Lipinski definition) is 3. The van der Waals surface area contributed by atoms with E-state index in [9.17, 15) is 18.8 Å². The summed E-state index contributed by atoms with van der Waals surface area (Å²) < 4.78 is 26.3. The molecule has 4 aromatic carbocycles. The summed E-state index contributed by atoms with van der Waals surface area (Å²) in [6.45, 7) is 0.618. The number of likely N-dealkylation sites (N-methyl/N-ethyl adjacent to an activating group) is 1. The Bertz CT molecular complexity index is 1720. The van der Waals surface area contributed by atoms with Crippen LogP contribution in [0.3, 0.4) is 0 Å². The zero-order valence-corrected chi connectivity index (χ0v) is 25.4. The minimum Gasteiger partial charge on any atom is -0.490 e. The van der Waals surface area contributed by atoms with Crippen molar-refractivity contribution in [3.8, 4) is 16.9 Å². The summed E-state index contributed by atoms with van der Waals surface area (Å²) in [6, 6.07) is 28.0. The van der Waals surface area contributed by atoms with Crippen LogP contribution in [0.2, 0.25) is 0 Å². The standard InChI is InChI=1S/C36H35FN4O5/c1-41-31-17-16-27(20-34(42)38-21-23-11-13-25(14-12-23)24-7-3-2-4-8-24)46-33(31)22-45-32-18-15-26(19-28(32)35(41)43)39-36(44)40-30-10-6-5-9-29(30)37/h2-15,18-19,27,31,33H,16-17,20-22H2,1H3,(H,38,42)(H2,39,40,44)/t27-,31+,33+/m1/s1. The van der Waals surface area contributed by atoms with Crippen LogP contribution in [0.1, 0.15) is 35.2 Å². The first kappa shape index (κ1) is 30.8. The lowest BCUT2D eigenvalue weighted by Crippen LogP contribution is -2.53. The van der Waals surface area contributed by atoms with Crippen LogP contribution in [0.4, 0.5) is 20.6 Å². The number of nitrogens with one attached hydrogen (secondary N) is 3. The zero-order chi connectivity index (χ0) is 32.0. The van der Waals surface area contributed by atoms with Crippen LogP contribution >= 0.6 is 0 Å². The molecule has 9 nitrogen and oxygen atoms in total. The van der Waals surface area contributed by atoms with Gasteiger partial charge in [0.25, 0.3) is 5.91 Å². The summed E-state index contributed by atoms with van der Waals surface area (Å²) in [4.78, 5) is 40.5. The predicted octanol–water partition coefficient (Wildman–Crippen LogP) is 6.22. The number of halogens is 1. The number of nitrogens with zero attached hydrogens (tertiary/aromatic N) is 1. The smallest absolute Gasteiger partial charge is 0.323 e. The van der Waals surface area contributed by atoms with Gasteiger partial charge >= 0.3 is 6.03 Å². The lowest BCUT2D eigenvalue weighted by molar-refractivity contribution is -0.134. The topological polar surface area (TPSA) is 109 Å². The molecule has 2 aliphatic heterocycles. The molecule has 6 rings (SSSR count). The fourth-order valence-corrected chi connectivity index (χ4v) is 5.88. The van der Waals surface area contributed by atoms with Crippen LogP contribution < -0.4 is 20.7 Å². The highest BCUT2D eigenvalue weighted by molar-refractivity contribution is 6.02. The van der Waals surface area contributed by atoms with Crippen molar-refractivity contribution in [1.82, 2.24) is 10.2 Å². The number of fused-ring (bicyclic) bond motifs is 2. The molecule has 2 aliphatic rings. The number of rotatable bonds is 7. The van der Waals surface area contributed by atoms with Crippen LogP contribution in [0, 0.1) is 5.82 Å². The van der Waals surface area contributed by atoms with E-state index in [1.54, 1.807) is 36.2 Å². The maximum Gasteiger partial charge on any atom is 0.323 e. The Hall–Kier alpha value is -5.22. The third-order valence-electron chi connectivity index (χ3n) is 8.36. The second kappa shape index (κ2) is 13.8. The molecule has 0 unspecified atom stereocenters. The van der Waals surface area contributed by atoms with Crippen LogP contribution in [0.25, 0.3) is 11.1 Å². The van der Waals surface area contributed by atoms with Gasteiger partial charge in [-0.25, -0.2) is 9.18 Å². The number of carbonyl (C=O) groups is 3. The summed E-state index contributed by atoms with van der Waals surface area (Å²) in [5.74, 6) is -0.576. The fraction of sp³-hybridized carbons (Fsp3) is 0.250. The summed E-state index contributed by atoms with van der Waals surface area (Å²) in [7, 11) is 1.72. The Morgan fingerprint density at radius 3 is 2.41 bits per heavy atom. The molecule has 1 saturated heterocycles. The average Bonchev–Trinajstić information content (AvgIpc) is 3.07. The molecule has 2 heterocycles. The first-order valence-corrected chi connectivity index (χ1v) is 15.3. The molecule has 0 aromatic heterocycles. The van der Waals surface area contributed by atoms with Gasteiger partial charge in [-0.05, 0) is 59.9 Å². The molecule has 0 bridgehead atoms. The van der Waals surface area contributed by atoms with Crippen molar-refractivity contribution >= 4 is 29.2 Å². The van der Waals surface area contributed by atoms with Gasteiger partial charge in [0.1, 0.15) is 24.3 Å². The molecule has 0 saturated carbocycles. The summed E-state index contributed by atoms with van der Waals surface area (Å²) in [5.41, 5.74) is 3.96. The summed E-state index contributed by atoms with van der Waals surface area (Å²) >= 11 is 0. The zero-order valence-electron chi connectivity index (χ0n) is 25.4. The van der Waals surface area contributed by atoms with Crippen molar-refractivity contribution in [2.24, 2.45) is 0 Å². The highest BCUT2D eigenvalue weighted by Crippen LogP contribution is 2.32. The van der Waals surface area contributed by atoms with E-state index >= 15 is 0 Å². The summed E-state index contributed by atoms with van der Waals surface area (Å²) in [5, 5.41) is 8.10. The lowest BCUT2D eigenvalue weighted by atomic mass is 9.94. The van der Waals surface area contributed by atoms with E-state index in [1.807, 2.05) is 42.5 Å². The van der Waals surface area contributed by atoms with Crippen molar-refractivity contribution in [1.29, 1.82) is 0 Å². The number of hydrogen-bond acceptors (Lipinski definition) is 5. The first-order chi connectivity index (χ1) is 22.3. The van der Waals surface area contributed by atoms with Gasteiger partial charge in [-0.1, -0.05) is 66.7 Å². The van der Waals surface area contributed by atoms with Gasteiger partial charge in [-0.3, -0.25) is 9.59 Å². The largest absolute Gasteiger partial charge is 0.490 e. The second-order valence-corrected chi connectivity index (χ2v) is 11.5. The van der Waals surface area contributed by atoms with E-state index in [2.05, 4.69) is 28.1 Å². The van der Waals surface area contributed by atoms with Crippen LogP contribution in [-0.4, -0.2) is 54.6 Å². The number of para-hydroxylation sites is 1. The third-order valence-corrected chi connectivity index (χ3v) is 8.36. The number of amides is 4. The van der Waals surface area contributed by atoms with E-state index in [-0.39, 0.29) is 42.7 Å². The first-order valence-electron chi connectivity index (χ1n) is 15.3. The molecule has 3 N–H and O–H groups in total. The quantitative estimate of drug-likeness (QED) is 0.227. The normalized spacial score (nSPS) is 19.0. The fourth-order valence-electron chi connectivity index (χ4n) is 5.88. The summed E-state index contributed by atoms with van der Waals surface area (Å²) in [6.07, 6.45) is 0.760. The molecule has 3 atom stereocenters. The van der Waals surface area contributed by atoms with Gasteiger partial charge in [0, 0.05) is 19.3 Å². The molecule has 46 heavy (non-hydrogen) atoms. The van der Waals surface area contributed by atoms with Crippen molar-refractivity contribution in [3.05, 3.63) is 114 Å². The molecular formula is C36H35FN4O5. The molecule has 0 aliphatic carbocycles. The van der Waals surface area contributed by atoms with E-state index < -0.39 is 18.0 Å². The van der Waals surface area contributed by atoms with Crippen molar-refractivity contribution in [2.75, 3.05) is 24.3 Å². The van der Waals surface area contributed by atoms with Crippen LogP contribution in [0.5, 0.6) is 5.75 Å². The van der Waals surface area contributed by atoms with E-state index in [4.69, 9.17) is 9.47 Å². The number of carbonyl (C=O) groups excluding carboxylic acids is 3. The SMILES string of the molecule is CN1C(=O)c2cc(NC(=O)Nc3ccccc3F)ccc2OC[C@@H]2O[C@@H](CC(=O)NCc3ccc(-c4ccccc4)cc3)CC[C@@H]21. The molecule has 4 aromatic rings. The molecule has 0 radical (unpaired) electrons. The number of benzene rings is 4. The Kier molecular flexibility index (Phi) is 9.25. The van der Waals surface area contributed by atoms with Gasteiger partial charge < -0.3 is 30.3 Å². The van der Waals surface area contributed by atoms with Crippen molar-refractivity contribution in [2.45, 2.75) is 44.1 Å². The monoisotopic (exact) mass is 622 g/mol. The van der Waals surface area contributed by atoms with E-state index in [0.29, 0.717) is 36.4 Å². The number of ether oxygens (including phenoxy) is 2. The minimum absolute atomic E-state index is 0.0401. The Morgan fingerprint density at radius 2 is 1.63 bits per heavy atom. The average molecular weight is 623 g/mol. The van der Waals surface area contributed by atoms with Gasteiger partial charge in [-0.2, -0.15) is 0 Å². The molecule has 0 spiro atoms. The lowest BCUT2D eigenvalue weighted by Gasteiger charge is -2.42. The molecular weight excluding hydrogens is 587 g/mol. The van der Waals surface area contributed by atoms with Crippen LogP contribution in [-0.2, 0) is 16.1 Å². The van der Waals surface area contributed by atoms with Crippen molar-refractivity contribution < 1.29 is 28.2 Å². The van der Waals surface area contributed by atoms with E-state index in [0.717, 1.165) is 16.7 Å². The van der Waals surface area contributed by atoms with Crippen LogP contribution in [0.15, 0.2) is 97.1 Å². The Morgan fingerprint density at radius 1 is 0.891 bits per heavy atom. The number of anilines is 2. The molecule has 1 fully saturated rings. The maximum atomic E-state index is 13.9. The van der Waals surface area contributed by atoms with Gasteiger partial charge in [0.15, 0.2) is 0 Å². The Balaban J connectivity index is 1.03. The predicted molar refractivity (Wildman–Crippen MR) is 173 cm³/mol. The second-order valence-electron chi connectivity index (χ2n) is 11.5. The van der Waals surface area contributed by atoms with Gasteiger partial charge in [-0.15, -0.1) is 0 Å². The van der Waals surface area contributed by atoms with Crippen molar-refractivity contribution in [3.63, 3.8) is 0 Å². The molecule has 10 heteroatoms. The third kappa shape index (κ3) is 7.18. The van der Waals surface area contributed by atoms with Gasteiger partial charge in [0.2, 0.25) is 5.91 Å². The molecule has 4 amide bonds. The molecule has 236 valence electrons. The van der Waals surface area contributed by atoms with Gasteiger partial charge in [0.05, 0.1) is 29.8 Å².